The first-order chi connectivity index (χ1) is 10.7. The quantitative estimate of drug-likeness (QED) is 0.706. The van der Waals surface area contributed by atoms with Crippen molar-refractivity contribution in [1.29, 1.82) is 0 Å². The van der Waals surface area contributed by atoms with E-state index < -0.39 is 0 Å². The van der Waals surface area contributed by atoms with Crippen LogP contribution < -0.4 is 14.8 Å². The average Bonchev–Trinajstić information content (AvgIpc) is 2.54. The van der Waals surface area contributed by atoms with Gasteiger partial charge in [0, 0.05) is 17.8 Å². The molecule has 116 valence electrons. The molecule has 0 amide bonds. The van der Waals surface area contributed by atoms with Gasteiger partial charge in [-0.15, -0.1) is 0 Å². The van der Waals surface area contributed by atoms with Crippen LogP contribution in [0.2, 0.25) is 10.0 Å². The summed E-state index contributed by atoms with van der Waals surface area (Å²) >= 11 is 11.9. The summed E-state index contributed by atoms with van der Waals surface area (Å²) in [7, 11) is 1.62. The minimum atomic E-state index is 0.417. The first kappa shape index (κ1) is 16.5. The third-order valence-electron chi connectivity index (χ3n) is 3.03. The molecule has 0 saturated heterocycles. The van der Waals surface area contributed by atoms with Gasteiger partial charge in [-0.05, 0) is 24.3 Å². The normalized spacial score (nSPS) is 10.1. The number of ether oxygens (including phenoxy) is 2. The SMILES string of the molecule is C=CCOc1c(CNc2ccc(Cl)c(Cl)c2)cccc1OC. The lowest BCUT2D eigenvalue weighted by molar-refractivity contribution is 0.323. The third kappa shape index (κ3) is 4.09. The van der Waals surface area contributed by atoms with E-state index in [1.54, 1.807) is 25.3 Å². The molecular formula is C17H17Cl2NO2. The fraction of sp³-hybridized carbons (Fsp3) is 0.176. The maximum Gasteiger partial charge on any atom is 0.166 e. The lowest BCUT2D eigenvalue weighted by Crippen LogP contribution is -2.05. The van der Waals surface area contributed by atoms with Gasteiger partial charge in [0.25, 0.3) is 0 Å². The van der Waals surface area contributed by atoms with Gasteiger partial charge >= 0.3 is 0 Å². The van der Waals surface area contributed by atoms with Crippen molar-refractivity contribution in [3.8, 4) is 11.5 Å². The smallest absolute Gasteiger partial charge is 0.166 e. The summed E-state index contributed by atoms with van der Waals surface area (Å²) in [5, 5.41) is 4.34. The van der Waals surface area contributed by atoms with Crippen LogP contribution in [-0.2, 0) is 6.54 Å². The fourth-order valence-electron chi connectivity index (χ4n) is 1.97. The van der Waals surface area contributed by atoms with Gasteiger partial charge in [0.05, 0.1) is 17.2 Å². The molecule has 0 unspecified atom stereocenters. The molecular weight excluding hydrogens is 321 g/mol. The molecule has 0 bridgehead atoms. The third-order valence-corrected chi connectivity index (χ3v) is 3.77. The Morgan fingerprint density at radius 3 is 2.68 bits per heavy atom. The Hall–Kier alpha value is -1.84. The zero-order valence-corrected chi connectivity index (χ0v) is 13.7. The number of hydrogen-bond donors (Lipinski definition) is 1. The van der Waals surface area contributed by atoms with Gasteiger partial charge in [0.15, 0.2) is 11.5 Å². The molecule has 1 N–H and O–H groups in total. The van der Waals surface area contributed by atoms with Gasteiger partial charge in [-0.2, -0.15) is 0 Å². The highest BCUT2D eigenvalue weighted by atomic mass is 35.5. The van der Waals surface area contributed by atoms with Crippen LogP contribution in [-0.4, -0.2) is 13.7 Å². The molecule has 2 rings (SSSR count). The summed E-state index contributed by atoms with van der Waals surface area (Å²) in [6.45, 7) is 4.65. The van der Waals surface area contributed by atoms with E-state index in [0.717, 1.165) is 11.3 Å². The predicted octanol–water partition coefficient (Wildman–Crippen LogP) is 5.18. The molecule has 0 spiro atoms. The zero-order chi connectivity index (χ0) is 15.9. The molecule has 0 aliphatic rings. The maximum absolute atomic E-state index is 6.02. The Balaban J connectivity index is 2.17. The topological polar surface area (TPSA) is 30.5 Å². The summed E-state index contributed by atoms with van der Waals surface area (Å²) in [4.78, 5) is 0. The number of para-hydroxylation sites is 1. The maximum atomic E-state index is 6.02. The van der Waals surface area contributed by atoms with Gasteiger partial charge in [0.1, 0.15) is 6.61 Å². The number of methoxy groups -OCH3 is 1. The molecule has 2 aromatic carbocycles. The summed E-state index contributed by atoms with van der Waals surface area (Å²) in [5.74, 6) is 1.40. The molecule has 0 radical (unpaired) electrons. The molecule has 2 aromatic rings. The van der Waals surface area contributed by atoms with Crippen molar-refractivity contribution in [3.05, 3.63) is 64.7 Å². The molecule has 0 heterocycles. The Kier molecular flexibility index (Phi) is 5.99. The van der Waals surface area contributed by atoms with E-state index in [-0.39, 0.29) is 0 Å². The van der Waals surface area contributed by atoms with Crippen molar-refractivity contribution in [2.75, 3.05) is 19.0 Å². The van der Waals surface area contributed by atoms with Crippen molar-refractivity contribution in [2.45, 2.75) is 6.54 Å². The van der Waals surface area contributed by atoms with Crippen LogP contribution in [0.5, 0.6) is 11.5 Å². The van der Waals surface area contributed by atoms with Crippen LogP contribution in [0, 0.1) is 0 Å². The lowest BCUT2D eigenvalue weighted by Gasteiger charge is -2.15. The molecule has 5 heteroatoms. The van der Waals surface area contributed by atoms with Gasteiger partial charge in [-0.25, -0.2) is 0 Å². The molecule has 22 heavy (non-hydrogen) atoms. The molecule has 0 aliphatic heterocycles. The van der Waals surface area contributed by atoms with Gasteiger partial charge < -0.3 is 14.8 Å². The van der Waals surface area contributed by atoms with Gasteiger partial charge in [0.2, 0.25) is 0 Å². The van der Waals surface area contributed by atoms with Crippen LogP contribution in [0.25, 0.3) is 0 Å². The number of anilines is 1. The number of nitrogens with one attached hydrogen (secondary N) is 1. The second kappa shape index (κ2) is 7.97. The molecule has 0 aromatic heterocycles. The van der Waals surface area contributed by atoms with Crippen molar-refractivity contribution in [3.63, 3.8) is 0 Å². The van der Waals surface area contributed by atoms with Crippen molar-refractivity contribution in [1.82, 2.24) is 0 Å². The van der Waals surface area contributed by atoms with E-state index in [0.29, 0.717) is 34.7 Å². The van der Waals surface area contributed by atoms with E-state index in [4.69, 9.17) is 32.7 Å². The molecule has 0 atom stereocenters. The highest BCUT2D eigenvalue weighted by Crippen LogP contribution is 2.32. The zero-order valence-electron chi connectivity index (χ0n) is 12.2. The van der Waals surface area contributed by atoms with E-state index in [1.807, 2.05) is 24.3 Å². The van der Waals surface area contributed by atoms with Crippen LogP contribution >= 0.6 is 23.2 Å². The molecule has 3 nitrogen and oxygen atoms in total. The van der Waals surface area contributed by atoms with E-state index in [9.17, 15) is 0 Å². The minimum absolute atomic E-state index is 0.417. The second-order valence-electron chi connectivity index (χ2n) is 4.53. The number of rotatable bonds is 7. The Morgan fingerprint density at radius 2 is 2.00 bits per heavy atom. The highest BCUT2D eigenvalue weighted by Gasteiger charge is 2.10. The van der Waals surface area contributed by atoms with Crippen molar-refractivity contribution < 1.29 is 9.47 Å². The lowest BCUT2D eigenvalue weighted by atomic mass is 10.1. The summed E-state index contributed by atoms with van der Waals surface area (Å²) in [6.07, 6.45) is 1.70. The first-order valence-electron chi connectivity index (χ1n) is 6.74. The Bertz CT molecular complexity index is 659. The Morgan fingerprint density at radius 1 is 1.18 bits per heavy atom. The van der Waals surface area contributed by atoms with Gasteiger partial charge in [-0.1, -0.05) is 48.0 Å². The van der Waals surface area contributed by atoms with E-state index >= 15 is 0 Å². The van der Waals surface area contributed by atoms with Crippen molar-refractivity contribution in [2.24, 2.45) is 0 Å². The number of benzene rings is 2. The van der Waals surface area contributed by atoms with Crippen LogP contribution in [0.1, 0.15) is 5.56 Å². The predicted molar refractivity (Wildman–Crippen MR) is 92.5 cm³/mol. The van der Waals surface area contributed by atoms with Gasteiger partial charge in [-0.3, -0.25) is 0 Å². The fourth-order valence-corrected chi connectivity index (χ4v) is 2.27. The summed E-state index contributed by atoms with van der Waals surface area (Å²) < 4.78 is 11.1. The average molecular weight is 338 g/mol. The standard InChI is InChI=1S/C17H17Cl2NO2/c1-3-9-22-17-12(5-4-6-16(17)21-2)11-20-13-7-8-14(18)15(19)10-13/h3-8,10,20H,1,9,11H2,2H3. The number of halogens is 2. The largest absolute Gasteiger partial charge is 0.493 e. The van der Waals surface area contributed by atoms with Crippen molar-refractivity contribution >= 4 is 28.9 Å². The minimum Gasteiger partial charge on any atom is -0.493 e. The monoisotopic (exact) mass is 337 g/mol. The second-order valence-corrected chi connectivity index (χ2v) is 5.35. The number of hydrogen-bond acceptors (Lipinski definition) is 3. The first-order valence-corrected chi connectivity index (χ1v) is 7.49. The van der Waals surface area contributed by atoms with E-state index in [2.05, 4.69) is 11.9 Å². The Labute approximate surface area is 140 Å². The molecule has 0 saturated carbocycles. The van der Waals surface area contributed by atoms with E-state index in [1.165, 1.54) is 0 Å². The molecule has 0 aliphatic carbocycles. The van der Waals surface area contributed by atoms with Crippen LogP contribution in [0.4, 0.5) is 5.69 Å². The molecule has 0 fully saturated rings. The summed E-state index contributed by atoms with van der Waals surface area (Å²) in [5.41, 5.74) is 1.86. The van der Waals surface area contributed by atoms with Crippen LogP contribution in [0.3, 0.4) is 0 Å². The van der Waals surface area contributed by atoms with Crippen LogP contribution in [0.15, 0.2) is 49.1 Å². The summed E-state index contributed by atoms with van der Waals surface area (Å²) in [6, 6.07) is 11.2. The highest BCUT2D eigenvalue weighted by molar-refractivity contribution is 6.42.